The molecule has 1 N–H and O–H groups in total. The van der Waals surface area contributed by atoms with Crippen LogP contribution in [-0.2, 0) is 6.54 Å². The average Bonchev–Trinajstić information content (AvgIpc) is 3.28. The number of nitro groups is 1. The highest BCUT2D eigenvalue weighted by Crippen LogP contribution is 2.25. The first-order chi connectivity index (χ1) is 13.9. The molecule has 0 radical (unpaired) electrons. The summed E-state index contributed by atoms with van der Waals surface area (Å²) in [6, 6.07) is 7.80. The first-order valence-corrected chi connectivity index (χ1v) is 9.46. The van der Waals surface area contributed by atoms with Gasteiger partial charge in [-0.3, -0.25) is 19.7 Å². The standard InChI is InChI=1S/C19H23N7O3.ClH/c1-12-17(26(27)28)13(2)25(22-12)11-14-4-6-15(7-5-14)19-21-18(23-29-19)16-10-20-8-9-24(16)3;/h4-7,16,20H,8-11H2,1-3H3;1H. The summed E-state index contributed by atoms with van der Waals surface area (Å²) in [5.74, 6) is 1.15. The van der Waals surface area contributed by atoms with Crippen LogP contribution in [0.4, 0.5) is 5.69 Å². The van der Waals surface area contributed by atoms with Crippen LogP contribution in [0.5, 0.6) is 0 Å². The second-order valence-corrected chi connectivity index (χ2v) is 7.29. The van der Waals surface area contributed by atoms with Crippen LogP contribution in [0.1, 0.15) is 28.8 Å². The Bertz CT molecular complexity index is 1030. The van der Waals surface area contributed by atoms with Gasteiger partial charge in [0, 0.05) is 25.2 Å². The zero-order chi connectivity index (χ0) is 20.5. The molecule has 1 saturated heterocycles. The van der Waals surface area contributed by atoms with Gasteiger partial charge in [-0.25, -0.2) is 0 Å². The van der Waals surface area contributed by atoms with E-state index in [-0.39, 0.29) is 29.1 Å². The minimum absolute atomic E-state index is 0. The molecule has 11 heteroatoms. The third-order valence-electron chi connectivity index (χ3n) is 5.31. The normalized spacial score (nSPS) is 17.0. The fourth-order valence-corrected chi connectivity index (χ4v) is 3.61. The molecule has 1 unspecified atom stereocenters. The predicted molar refractivity (Wildman–Crippen MR) is 113 cm³/mol. The van der Waals surface area contributed by atoms with Crippen LogP contribution in [0.2, 0.25) is 0 Å². The minimum Gasteiger partial charge on any atom is -0.334 e. The molecule has 1 fully saturated rings. The Kier molecular flexibility index (Phi) is 6.49. The highest BCUT2D eigenvalue weighted by atomic mass is 35.5. The lowest BCUT2D eigenvalue weighted by Gasteiger charge is -2.30. The highest BCUT2D eigenvalue weighted by molar-refractivity contribution is 5.85. The molecule has 30 heavy (non-hydrogen) atoms. The molecule has 0 spiro atoms. The molecule has 0 bridgehead atoms. The Morgan fingerprint density at radius 2 is 2.03 bits per heavy atom. The van der Waals surface area contributed by atoms with E-state index in [1.807, 2.05) is 24.3 Å². The topological polar surface area (TPSA) is 115 Å². The quantitative estimate of drug-likeness (QED) is 0.482. The Morgan fingerprint density at radius 1 is 1.30 bits per heavy atom. The zero-order valence-electron chi connectivity index (χ0n) is 17.0. The van der Waals surface area contributed by atoms with Crippen LogP contribution in [0.3, 0.4) is 0 Å². The second-order valence-electron chi connectivity index (χ2n) is 7.29. The van der Waals surface area contributed by atoms with Crippen molar-refractivity contribution in [1.82, 2.24) is 30.1 Å². The Balaban J connectivity index is 0.00000256. The van der Waals surface area contributed by atoms with Gasteiger partial charge in [0.1, 0.15) is 11.4 Å². The van der Waals surface area contributed by atoms with E-state index >= 15 is 0 Å². The number of halogens is 1. The number of nitrogens with zero attached hydrogens (tertiary/aromatic N) is 6. The number of rotatable bonds is 5. The summed E-state index contributed by atoms with van der Waals surface area (Å²) in [5.41, 5.74) is 2.85. The second kappa shape index (κ2) is 8.90. The van der Waals surface area contributed by atoms with Crippen molar-refractivity contribution in [3.63, 3.8) is 0 Å². The summed E-state index contributed by atoms with van der Waals surface area (Å²) in [6.45, 7) is 6.50. The van der Waals surface area contributed by atoms with Gasteiger partial charge in [-0.15, -0.1) is 12.4 Å². The fraction of sp³-hybridized carbons (Fsp3) is 0.421. The summed E-state index contributed by atoms with van der Waals surface area (Å²) < 4.78 is 7.12. The van der Waals surface area contributed by atoms with Crippen LogP contribution in [0.15, 0.2) is 28.8 Å². The molecule has 4 rings (SSSR count). The molecular weight excluding hydrogens is 410 g/mol. The number of nitrogens with one attached hydrogen (secondary N) is 1. The number of hydrogen-bond donors (Lipinski definition) is 1. The Hall–Kier alpha value is -2.82. The molecule has 1 atom stereocenters. The van der Waals surface area contributed by atoms with Crippen molar-refractivity contribution in [2.75, 3.05) is 26.7 Å². The third-order valence-corrected chi connectivity index (χ3v) is 5.31. The highest BCUT2D eigenvalue weighted by Gasteiger charge is 2.25. The Morgan fingerprint density at radius 3 is 2.67 bits per heavy atom. The molecule has 3 heterocycles. The van der Waals surface area contributed by atoms with E-state index in [9.17, 15) is 10.1 Å². The lowest BCUT2D eigenvalue weighted by molar-refractivity contribution is -0.386. The van der Waals surface area contributed by atoms with Crippen molar-refractivity contribution in [2.24, 2.45) is 0 Å². The van der Waals surface area contributed by atoms with Crippen molar-refractivity contribution in [2.45, 2.75) is 26.4 Å². The molecule has 3 aromatic rings. The maximum atomic E-state index is 11.2. The maximum Gasteiger partial charge on any atom is 0.312 e. The van der Waals surface area contributed by atoms with Gasteiger partial charge >= 0.3 is 5.69 Å². The first-order valence-electron chi connectivity index (χ1n) is 9.46. The lowest BCUT2D eigenvalue weighted by Crippen LogP contribution is -2.44. The molecule has 1 aliphatic heterocycles. The number of likely N-dealkylation sites (N-methyl/N-ethyl adjacent to an activating group) is 1. The average molecular weight is 434 g/mol. The fourth-order valence-electron chi connectivity index (χ4n) is 3.61. The van der Waals surface area contributed by atoms with E-state index < -0.39 is 0 Å². The first kappa shape index (κ1) is 21.9. The number of aryl methyl sites for hydroxylation is 1. The molecular formula is C19H24ClN7O3. The molecule has 0 amide bonds. The predicted octanol–water partition coefficient (Wildman–Crippen LogP) is 2.50. The van der Waals surface area contributed by atoms with Gasteiger partial charge in [0.2, 0.25) is 0 Å². The zero-order valence-corrected chi connectivity index (χ0v) is 17.8. The van der Waals surface area contributed by atoms with Gasteiger partial charge < -0.3 is 9.84 Å². The van der Waals surface area contributed by atoms with E-state index in [1.165, 1.54) is 0 Å². The smallest absolute Gasteiger partial charge is 0.312 e. The molecule has 0 aliphatic carbocycles. The minimum atomic E-state index is -0.385. The number of aromatic nitrogens is 4. The molecule has 0 saturated carbocycles. The monoisotopic (exact) mass is 433 g/mol. The summed E-state index contributed by atoms with van der Waals surface area (Å²) in [4.78, 5) is 17.6. The van der Waals surface area contributed by atoms with E-state index in [2.05, 4.69) is 32.5 Å². The number of benzene rings is 1. The molecule has 1 aromatic carbocycles. The van der Waals surface area contributed by atoms with Gasteiger partial charge in [-0.1, -0.05) is 17.3 Å². The van der Waals surface area contributed by atoms with E-state index in [4.69, 9.17) is 4.52 Å². The van der Waals surface area contributed by atoms with Crippen molar-refractivity contribution in [3.8, 4) is 11.5 Å². The molecule has 1 aliphatic rings. The molecule has 160 valence electrons. The van der Waals surface area contributed by atoms with E-state index in [1.54, 1.807) is 18.5 Å². The van der Waals surface area contributed by atoms with E-state index in [0.29, 0.717) is 29.6 Å². The summed E-state index contributed by atoms with van der Waals surface area (Å²) in [7, 11) is 2.06. The van der Waals surface area contributed by atoms with Crippen LogP contribution in [0, 0.1) is 24.0 Å². The number of piperazine rings is 1. The van der Waals surface area contributed by atoms with Gasteiger partial charge in [-0.05, 0) is 38.6 Å². The summed E-state index contributed by atoms with van der Waals surface area (Å²) >= 11 is 0. The molecule has 2 aromatic heterocycles. The van der Waals surface area contributed by atoms with Crippen LogP contribution < -0.4 is 5.32 Å². The van der Waals surface area contributed by atoms with Gasteiger partial charge in [0.15, 0.2) is 5.82 Å². The van der Waals surface area contributed by atoms with Crippen molar-refractivity contribution in [3.05, 3.63) is 57.2 Å². The van der Waals surface area contributed by atoms with Crippen molar-refractivity contribution >= 4 is 18.1 Å². The van der Waals surface area contributed by atoms with Crippen LogP contribution in [-0.4, -0.2) is 56.4 Å². The SMILES string of the molecule is Cc1nn(Cc2ccc(-c3nc(C4CNCCN4C)no3)cc2)c(C)c1[N+](=O)[O-].Cl. The summed E-state index contributed by atoms with van der Waals surface area (Å²) in [5, 5.41) is 23.0. The number of hydrogen-bond acceptors (Lipinski definition) is 8. The van der Waals surface area contributed by atoms with Crippen LogP contribution >= 0.6 is 12.4 Å². The third kappa shape index (κ3) is 4.20. The van der Waals surface area contributed by atoms with E-state index in [0.717, 1.165) is 30.8 Å². The summed E-state index contributed by atoms with van der Waals surface area (Å²) in [6.07, 6.45) is 0. The van der Waals surface area contributed by atoms with Gasteiger partial charge in [0.05, 0.1) is 17.5 Å². The molecule has 10 nitrogen and oxygen atoms in total. The van der Waals surface area contributed by atoms with Crippen molar-refractivity contribution in [1.29, 1.82) is 0 Å². The van der Waals surface area contributed by atoms with Crippen LogP contribution in [0.25, 0.3) is 11.5 Å². The Labute approximate surface area is 179 Å². The lowest BCUT2D eigenvalue weighted by atomic mass is 10.1. The van der Waals surface area contributed by atoms with Gasteiger partial charge in [0.25, 0.3) is 5.89 Å². The van der Waals surface area contributed by atoms with Gasteiger partial charge in [-0.2, -0.15) is 10.1 Å². The van der Waals surface area contributed by atoms with Crippen molar-refractivity contribution < 1.29 is 9.45 Å². The maximum absolute atomic E-state index is 11.2. The largest absolute Gasteiger partial charge is 0.334 e.